The molecule has 20 heavy (non-hydrogen) atoms. The predicted molar refractivity (Wildman–Crippen MR) is 65.1 cm³/mol. The van der Waals surface area contributed by atoms with Crippen molar-refractivity contribution in [2.45, 2.75) is 13.0 Å². The molecule has 0 radical (unpaired) electrons. The fraction of sp³-hybridized carbons (Fsp3) is 0.333. The van der Waals surface area contributed by atoms with Crippen molar-refractivity contribution in [1.82, 2.24) is 15.1 Å². The lowest BCUT2D eigenvalue weighted by Gasteiger charge is -2.15. The number of furan rings is 1. The highest BCUT2D eigenvalue weighted by atomic mass is 16.3. The second kappa shape index (κ2) is 5.16. The number of imide groups is 2. The Kier molecular flexibility index (Phi) is 3.55. The summed E-state index contributed by atoms with van der Waals surface area (Å²) in [6, 6.07) is 2.16. The molecule has 8 nitrogen and oxygen atoms in total. The van der Waals surface area contributed by atoms with Crippen LogP contribution in [0.5, 0.6) is 0 Å². The van der Waals surface area contributed by atoms with E-state index in [1.807, 2.05) is 0 Å². The quantitative estimate of drug-likeness (QED) is 0.611. The van der Waals surface area contributed by atoms with Gasteiger partial charge in [0.05, 0.1) is 12.3 Å². The van der Waals surface area contributed by atoms with E-state index in [0.717, 1.165) is 0 Å². The Balaban J connectivity index is 1.97. The Morgan fingerprint density at radius 2 is 2.05 bits per heavy atom. The number of carbonyl (C=O) groups excluding carboxylic acids is 4. The van der Waals surface area contributed by atoms with Crippen molar-refractivity contribution in [3.63, 3.8) is 0 Å². The molecule has 0 unspecified atom stereocenters. The van der Waals surface area contributed by atoms with E-state index in [2.05, 4.69) is 5.32 Å². The Labute approximate surface area is 114 Å². The summed E-state index contributed by atoms with van der Waals surface area (Å²) >= 11 is 0. The first-order valence-corrected chi connectivity index (χ1v) is 5.88. The smallest absolute Gasteiger partial charge is 0.334 e. The Morgan fingerprint density at radius 1 is 1.35 bits per heavy atom. The zero-order chi connectivity index (χ0) is 14.9. The standard InChI is InChI=1S/C12H13N3O5/c1-7(8-4-3-5-20-8)13-9(16)6-15-11(18)10(17)14(2)12(15)19/h3-5,7H,6H2,1-2H3,(H,13,16)/t7-/m1/s1. The molecule has 2 rings (SSSR count). The summed E-state index contributed by atoms with van der Waals surface area (Å²) in [6.07, 6.45) is 1.47. The van der Waals surface area contributed by atoms with E-state index in [4.69, 9.17) is 4.42 Å². The molecule has 1 fully saturated rings. The van der Waals surface area contributed by atoms with Gasteiger partial charge in [-0.25, -0.2) is 9.69 Å². The first kappa shape index (κ1) is 13.8. The van der Waals surface area contributed by atoms with Crippen LogP contribution in [0.2, 0.25) is 0 Å². The molecule has 0 spiro atoms. The number of hydrogen-bond acceptors (Lipinski definition) is 5. The molecule has 1 aromatic rings. The van der Waals surface area contributed by atoms with Gasteiger partial charge in [-0.05, 0) is 19.1 Å². The third-order valence-corrected chi connectivity index (χ3v) is 2.90. The largest absolute Gasteiger partial charge is 0.467 e. The van der Waals surface area contributed by atoms with Crippen LogP contribution in [0.4, 0.5) is 4.79 Å². The molecule has 1 atom stereocenters. The summed E-state index contributed by atoms with van der Waals surface area (Å²) in [5.74, 6) is -1.95. The number of nitrogens with zero attached hydrogens (tertiary/aromatic N) is 2. The van der Waals surface area contributed by atoms with Gasteiger partial charge in [0.1, 0.15) is 12.3 Å². The average molecular weight is 279 g/mol. The molecule has 0 saturated carbocycles. The van der Waals surface area contributed by atoms with E-state index in [9.17, 15) is 19.2 Å². The first-order chi connectivity index (χ1) is 9.41. The van der Waals surface area contributed by atoms with Crippen molar-refractivity contribution in [3.05, 3.63) is 24.2 Å². The van der Waals surface area contributed by atoms with Gasteiger partial charge >= 0.3 is 17.8 Å². The lowest BCUT2D eigenvalue weighted by Crippen LogP contribution is -2.41. The minimum atomic E-state index is -1.00. The molecule has 1 aliphatic rings. The molecular formula is C12H13N3O5. The Morgan fingerprint density at radius 3 is 2.55 bits per heavy atom. The second-order valence-electron chi connectivity index (χ2n) is 4.34. The summed E-state index contributed by atoms with van der Waals surface area (Å²) in [5.41, 5.74) is 0. The molecule has 1 aliphatic heterocycles. The van der Waals surface area contributed by atoms with Crippen LogP contribution < -0.4 is 5.32 Å². The van der Waals surface area contributed by atoms with Crippen molar-refractivity contribution in [1.29, 1.82) is 0 Å². The molecule has 0 aromatic carbocycles. The zero-order valence-corrected chi connectivity index (χ0v) is 11.0. The van der Waals surface area contributed by atoms with Gasteiger partial charge in [0.15, 0.2) is 0 Å². The highest BCUT2D eigenvalue weighted by Crippen LogP contribution is 2.13. The van der Waals surface area contributed by atoms with E-state index in [1.54, 1.807) is 19.1 Å². The monoisotopic (exact) mass is 279 g/mol. The molecule has 0 bridgehead atoms. The molecule has 1 saturated heterocycles. The van der Waals surface area contributed by atoms with Crippen LogP contribution in [0.25, 0.3) is 0 Å². The average Bonchev–Trinajstić information content (AvgIpc) is 3.00. The van der Waals surface area contributed by atoms with Gasteiger partial charge in [-0.1, -0.05) is 0 Å². The lowest BCUT2D eigenvalue weighted by atomic mass is 10.2. The molecule has 1 aromatic heterocycles. The third-order valence-electron chi connectivity index (χ3n) is 2.90. The maximum atomic E-state index is 11.8. The molecule has 8 heteroatoms. The maximum absolute atomic E-state index is 11.8. The van der Waals surface area contributed by atoms with Crippen LogP contribution >= 0.6 is 0 Å². The van der Waals surface area contributed by atoms with Crippen molar-refractivity contribution in [2.24, 2.45) is 0 Å². The van der Waals surface area contributed by atoms with Crippen LogP contribution in [0.15, 0.2) is 22.8 Å². The van der Waals surface area contributed by atoms with Gasteiger partial charge in [-0.2, -0.15) is 0 Å². The maximum Gasteiger partial charge on any atom is 0.334 e. The summed E-state index contributed by atoms with van der Waals surface area (Å²) < 4.78 is 5.12. The normalized spacial score (nSPS) is 16.8. The number of hydrogen-bond donors (Lipinski definition) is 1. The van der Waals surface area contributed by atoms with Crippen molar-refractivity contribution >= 4 is 23.8 Å². The molecule has 2 heterocycles. The van der Waals surface area contributed by atoms with Crippen LogP contribution in [-0.2, 0) is 14.4 Å². The fourth-order valence-electron chi connectivity index (χ4n) is 1.79. The molecule has 5 amide bonds. The molecule has 106 valence electrons. The van der Waals surface area contributed by atoms with Crippen LogP contribution in [0.1, 0.15) is 18.7 Å². The molecule has 0 aliphatic carbocycles. The van der Waals surface area contributed by atoms with Gasteiger partial charge < -0.3 is 9.73 Å². The van der Waals surface area contributed by atoms with E-state index in [1.165, 1.54) is 13.3 Å². The topological polar surface area (TPSA) is 99.9 Å². The lowest BCUT2D eigenvalue weighted by molar-refractivity contribution is -0.143. The number of nitrogens with one attached hydrogen (secondary N) is 1. The van der Waals surface area contributed by atoms with Crippen molar-refractivity contribution in [2.75, 3.05) is 13.6 Å². The highest BCUT2D eigenvalue weighted by molar-refractivity contribution is 6.44. The summed E-state index contributed by atoms with van der Waals surface area (Å²) in [5, 5.41) is 2.57. The minimum Gasteiger partial charge on any atom is -0.467 e. The SMILES string of the molecule is C[C@@H](NC(=O)CN1C(=O)C(=O)N(C)C1=O)c1ccco1. The third kappa shape index (κ3) is 2.40. The summed E-state index contributed by atoms with van der Waals surface area (Å²) in [4.78, 5) is 47.4. The minimum absolute atomic E-state index is 0.404. The Hall–Kier alpha value is -2.64. The van der Waals surface area contributed by atoms with Gasteiger partial charge in [0.2, 0.25) is 5.91 Å². The van der Waals surface area contributed by atoms with Gasteiger partial charge in [-0.3, -0.25) is 19.3 Å². The highest BCUT2D eigenvalue weighted by Gasteiger charge is 2.43. The number of urea groups is 1. The second-order valence-corrected chi connectivity index (χ2v) is 4.34. The first-order valence-electron chi connectivity index (χ1n) is 5.88. The number of rotatable bonds is 4. The number of amides is 5. The molecule has 1 N–H and O–H groups in total. The van der Waals surface area contributed by atoms with E-state index in [0.29, 0.717) is 15.6 Å². The number of carbonyl (C=O) groups is 4. The summed E-state index contributed by atoms with van der Waals surface area (Å²) in [6.45, 7) is 1.19. The van der Waals surface area contributed by atoms with Crippen LogP contribution in [-0.4, -0.2) is 47.1 Å². The van der Waals surface area contributed by atoms with Crippen LogP contribution in [0.3, 0.4) is 0 Å². The van der Waals surface area contributed by atoms with Crippen molar-refractivity contribution in [3.8, 4) is 0 Å². The van der Waals surface area contributed by atoms with E-state index >= 15 is 0 Å². The fourth-order valence-corrected chi connectivity index (χ4v) is 1.79. The predicted octanol–water partition coefficient (Wildman–Crippen LogP) is -0.123. The van der Waals surface area contributed by atoms with E-state index < -0.39 is 36.3 Å². The van der Waals surface area contributed by atoms with Gasteiger partial charge in [0, 0.05) is 7.05 Å². The zero-order valence-electron chi connectivity index (χ0n) is 11.0. The molecular weight excluding hydrogens is 266 g/mol. The number of likely N-dealkylation sites (N-methyl/N-ethyl adjacent to an activating group) is 1. The van der Waals surface area contributed by atoms with Gasteiger partial charge in [-0.15, -0.1) is 0 Å². The van der Waals surface area contributed by atoms with Crippen molar-refractivity contribution < 1.29 is 23.6 Å². The Bertz CT molecular complexity index is 566. The van der Waals surface area contributed by atoms with Crippen LogP contribution in [0, 0.1) is 0 Å². The summed E-state index contributed by atoms with van der Waals surface area (Å²) in [7, 11) is 1.19. The van der Waals surface area contributed by atoms with Gasteiger partial charge in [0.25, 0.3) is 0 Å². The van der Waals surface area contributed by atoms with E-state index in [-0.39, 0.29) is 0 Å².